The normalized spacial score (nSPS) is 10.8. The van der Waals surface area contributed by atoms with Crippen LogP contribution in [0.2, 0.25) is 0 Å². The van der Waals surface area contributed by atoms with Crippen LogP contribution < -0.4 is 5.32 Å². The van der Waals surface area contributed by atoms with Crippen LogP contribution in [0.4, 0.5) is 5.69 Å². The Hall–Kier alpha value is -2.91. The predicted molar refractivity (Wildman–Crippen MR) is 84.7 cm³/mol. The van der Waals surface area contributed by atoms with Crippen LogP contribution in [0.15, 0.2) is 41.3 Å². The molecule has 1 aromatic heterocycles. The number of rotatable bonds is 4. The molecular weight excluding hydrogens is 300 g/mol. The number of nitrogens with one attached hydrogen (secondary N) is 1. The number of nitrogens with zero attached hydrogens (tertiary/aromatic N) is 1. The van der Waals surface area contributed by atoms with E-state index in [1.807, 2.05) is 25.1 Å². The molecule has 110 valence electrons. The van der Waals surface area contributed by atoms with Gasteiger partial charge in [0, 0.05) is 15.9 Å². The van der Waals surface area contributed by atoms with E-state index in [1.165, 1.54) is 17.5 Å². The number of hydrogen-bond acceptors (Lipinski definition) is 4. The van der Waals surface area contributed by atoms with Gasteiger partial charge >= 0.3 is 5.97 Å². The maximum Gasteiger partial charge on any atom is 0.336 e. The fourth-order valence-electron chi connectivity index (χ4n) is 1.67. The van der Waals surface area contributed by atoms with Crippen LogP contribution in [0.1, 0.15) is 20.8 Å². The van der Waals surface area contributed by atoms with Crippen molar-refractivity contribution in [1.29, 1.82) is 5.26 Å². The average Bonchev–Trinajstić information content (AvgIpc) is 2.96. The summed E-state index contributed by atoms with van der Waals surface area (Å²) in [5, 5.41) is 22.1. The molecule has 0 aliphatic carbocycles. The molecular formula is C16H12N2O3S. The molecule has 0 radical (unpaired) electrons. The van der Waals surface area contributed by atoms with E-state index >= 15 is 0 Å². The predicted octanol–water partition coefficient (Wildman–Crippen LogP) is 3.30. The summed E-state index contributed by atoms with van der Waals surface area (Å²) in [7, 11) is 0. The van der Waals surface area contributed by atoms with E-state index < -0.39 is 11.9 Å². The monoisotopic (exact) mass is 312 g/mol. The summed E-state index contributed by atoms with van der Waals surface area (Å²) >= 11 is 1.16. The van der Waals surface area contributed by atoms with Crippen molar-refractivity contribution in [2.45, 2.75) is 6.92 Å². The lowest BCUT2D eigenvalue weighted by Gasteiger charge is -2.04. The summed E-state index contributed by atoms with van der Waals surface area (Å²) in [6, 6.07) is 10.4. The standard InChI is InChI=1S/C16H12N2O3S/c1-10-2-4-13(5-3-10)18-15(19)11(8-17)6-14-7-12(9-22-14)16(20)21/h2-7,9H,1H3,(H,18,19)(H,20,21). The molecule has 0 spiro atoms. The molecule has 2 N–H and O–H groups in total. The van der Waals surface area contributed by atoms with Gasteiger partial charge in [-0.05, 0) is 31.2 Å². The van der Waals surface area contributed by atoms with E-state index in [9.17, 15) is 9.59 Å². The number of aryl methyl sites for hydroxylation is 1. The number of carbonyl (C=O) groups excluding carboxylic acids is 1. The first-order chi connectivity index (χ1) is 10.5. The Bertz CT molecular complexity index is 782. The highest BCUT2D eigenvalue weighted by molar-refractivity contribution is 7.11. The van der Waals surface area contributed by atoms with E-state index in [2.05, 4.69) is 5.32 Å². The third-order valence-electron chi connectivity index (χ3n) is 2.83. The first-order valence-corrected chi connectivity index (χ1v) is 7.19. The van der Waals surface area contributed by atoms with Gasteiger partial charge in [-0.2, -0.15) is 5.26 Å². The Morgan fingerprint density at radius 2 is 2.00 bits per heavy atom. The topological polar surface area (TPSA) is 90.2 Å². The molecule has 0 saturated heterocycles. The van der Waals surface area contributed by atoms with E-state index in [1.54, 1.807) is 12.1 Å². The van der Waals surface area contributed by atoms with Gasteiger partial charge < -0.3 is 10.4 Å². The molecule has 2 rings (SSSR count). The van der Waals surface area contributed by atoms with Crippen molar-refractivity contribution < 1.29 is 14.7 Å². The highest BCUT2D eigenvalue weighted by Crippen LogP contribution is 2.19. The van der Waals surface area contributed by atoms with Crippen molar-refractivity contribution in [3.63, 3.8) is 0 Å². The minimum Gasteiger partial charge on any atom is -0.478 e. The van der Waals surface area contributed by atoms with Crippen LogP contribution in [0.5, 0.6) is 0 Å². The molecule has 1 aromatic carbocycles. The zero-order valence-electron chi connectivity index (χ0n) is 11.7. The average molecular weight is 312 g/mol. The first kappa shape index (κ1) is 15.5. The van der Waals surface area contributed by atoms with Crippen molar-refractivity contribution in [2.75, 3.05) is 5.32 Å². The minimum atomic E-state index is -1.04. The van der Waals surface area contributed by atoms with Crippen LogP contribution in [-0.2, 0) is 4.79 Å². The number of benzene rings is 1. The van der Waals surface area contributed by atoms with Gasteiger partial charge in [0.05, 0.1) is 5.56 Å². The van der Waals surface area contributed by atoms with Gasteiger partial charge in [-0.1, -0.05) is 17.7 Å². The number of anilines is 1. The Morgan fingerprint density at radius 1 is 1.32 bits per heavy atom. The van der Waals surface area contributed by atoms with E-state index in [4.69, 9.17) is 10.4 Å². The lowest BCUT2D eigenvalue weighted by Crippen LogP contribution is -2.13. The third-order valence-corrected chi connectivity index (χ3v) is 3.71. The summed E-state index contributed by atoms with van der Waals surface area (Å²) in [5.41, 5.74) is 1.70. The van der Waals surface area contributed by atoms with E-state index in [0.717, 1.165) is 16.9 Å². The number of carboxylic acids is 1. The number of aromatic carboxylic acids is 1. The summed E-state index contributed by atoms with van der Waals surface area (Å²) in [6.07, 6.45) is 1.38. The SMILES string of the molecule is Cc1ccc(NC(=O)C(C#N)=Cc2cc(C(=O)O)cs2)cc1. The number of nitriles is 1. The van der Waals surface area contributed by atoms with E-state index in [-0.39, 0.29) is 11.1 Å². The van der Waals surface area contributed by atoms with Gasteiger partial charge in [0.15, 0.2) is 0 Å². The van der Waals surface area contributed by atoms with Gasteiger partial charge in [0.25, 0.3) is 5.91 Å². The van der Waals surface area contributed by atoms with Crippen molar-refractivity contribution in [3.8, 4) is 6.07 Å². The Morgan fingerprint density at radius 3 is 2.55 bits per heavy atom. The van der Waals surface area contributed by atoms with Gasteiger partial charge in [0.2, 0.25) is 0 Å². The molecule has 1 heterocycles. The maximum atomic E-state index is 12.1. The quantitative estimate of drug-likeness (QED) is 0.669. The summed E-state index contributed by atoms with van der Waals surface area (Å²) in [6.45, 7) is 1.93. The molecule has 0 bridgehead atoms. The van der Waals surface area contributed by atoms with Crippen molar-refractivity contribution in [2.24, 2.45) is 0 Å². The lowest BCUT2D eigenvalue weighted by molar-refractivity contribution is -0.112. The number of amides is 1. The molecule has 0 unspecified atom stereocenters. The van der Waals surface area contributed by atoms with Crippen LogP contribution >= 0.6 is 11.3 Å². The fourth-order valence-corrected chi connectivity index (χ4v) is 2.48. The Balaban J connectivity index is 2.17. The molecule has 0 fully saturated rings. The summed E-state index contributed by atoms with van der Waals surface area (Å²) in [5.74, 6) is -1.57. The zero-order valence-corrected chi connectivity index (χ0v) is 12.5. The second-order valence-electron chi connectivity index (χ2n) is 4.53. The number of carboxylic acid groups (broad SMARTS) is 1. The highest BCUT2D eigenvalue weighted by Gasteiger charge is 2.11. The number of carbonyl (C=O) groups is 2. The third kappa shape index (κ3) is 3.81. The fraction of sp³-hybridized carbons (Fsp3) is 0.0625. The Labute approximate surface area is 131 Å². The first-order valence-electron chi connectivity index (χ1n) is 6.31. The zero-order chi connectivity index (χ0) is 16.1. The van der Waals surface area contributed by atoms with Crippen LogP contribution in [-0.4, -0.2) is 17.0 Å². The molecule has 0 saturated carbocycles. The second kappa shape index (κ2) is 6.70. The molecule has 0 atom stereocenters. The van der Waals surface area contributed by atoms with Crippen LogP contribution in [0.3, 0.4) is 0 Å². The van der Waals surface area contributed by atoms with Gasteiger partial charge in [-0.15, -0.1) is 11.3 Å². The molecule has 6 heteroatoms. The highest BCUT2D eigenvalue weighted by atomic mass is 32.1. The van der Waals surface area contributed by atoms with Crippen LogP contribution in [0.25, 0.3) is 6.08 Å². The molecule has 0 aliphatic heterocycles. The molecule has 22 heavy (non-hydrogen) atoms. The molecule has 0 aliphatic rings. The number of hydrogen-bond donors (Lipinski definition) is 2. The van der Waals surface area contributed by atoms with Gasteiger partial charge in [0.1, 0.15) is 11.6 Å². The van der Waals surface area contributed by atoms with Crippen molar-refractivity contribution >= 4 is 35.0 Å². The molecule has 2 aromatic rings. The van der Waals surface area contributed by atoms with Crippen LogP contribution in [0, 0.1) is 18.3 Å². The minimum absolute atomic E-state index is 0.0839. The lowest BCUT2D eigenvalue weighted by atomic mass is 10.2. The van der Waals surface area contributed by atoms with Crippen molar-refractivity contribution in [3.05, 3.63) is 57.3 Å². The largest absolute Gasteiger partial charge is 0.478 e. The summed E-state index contributed by atoms with van der Waals surface area (Å²) in [4.78, 5) is 23.4. The second-order valence-corrected chi connectivity index (χ2v) is 5.48. The molecule has 1 amide bonds. The van der Waals surface area contributed by atoms with Crippen molar-refractivity contribution in [1.82, 2.24) is 0 Å². The smallest absolute Gasteiger partial charge is 0.336 e. The summed E-state index contributed by atoms with van der Waals surface area (Å²) < 4.78 is 0. The maximum absolute atomic E-state index is 12.1. The van der Waals surface area contributed by atoms with Gasteiger partial charge in [-0.3, -0.25) is 4.79 Å². The number of thiophene rings is 1. The Kier molecular flexibility index (Phi) is 4.71. The van der Waals surface area contributed by atoms with Gasteiger partial charge in [-0.25, -0.2) is 4.79 Å². The van der Waals surface area contributed by atoms with E-state index in [0.29, 0.717) is 10.6 Å². The molecule has 5 nitrogen and oxygen atoms in total.